The molecule has 1 aliphatic carbocycles. The smallest absolute Gasteiger partial charge is 0.256 e. The van der Waals surface area contributed by atoms with Gasteiger partial charge in [0.25, 0.3) is 5.91 Å². The summed E-state index contributed by atoms with van der Waals surface area (Å²) in [6, 6.07) is 4.17. The fourth-order valence-electron chi connectivity index (χ4n) is 2.55. The molecule has 0 saturated heterocycles. The summed E-state index contributed by atoms with van der Waals surface area (Å²) >= 11 is 1.82. The third kappa shape index (κ3) is 1.88. The lowest BCUT2D eigenvalue weighted by molar-refractivity contribution is -0.110. The van der Waals surface area contributed by atoms with Crippen LogP contribution in [0.15, 0.2) is 24.5 Å². The van der Waals surface area contributed by atoms with Gasteiger partial charge in [-0.15, -0.1) is 11.3 Å². The summed E-state index contributed by atoms with van der Waals surface area (Å²) in [6.45, 7) is 2.12. The molecule has 100 valence electrons. The summed E-state index contributed by atoms with van der Waals surface area (Å²) in [4.78, 5) is 18.8. The summed E-state index contributed by atoms with van der Waals surface area (Å²) in [7, 11) is 0. The Morgan fingerprint density at radius 1 is 1.45 bits per heavy atom. The molecule has 0 aromatic carbocycles. The Hall–Kier alpha value is -1.94. The second-order valence-electron chi connectivity index (χ2n) is 5.40. The maximum atomic E-state index is 12.1. The lowest BCUT2D eigenvalue weighted by atomic mass is 10.1. The number of fused-ring (bicyclic) bond motifs is 1. The maximum Gasteiger partial charge on any atom is 0.256 e. The van der Waals surface area contributed by atoms with Crippen LogP contribution in [0, 0.1) is 6.92 Å². The van der Waals surface area contributed by atoms with Crippen molar-refractivity contribution in [1.29, 1.82) is 0 Å². The quantitative estimate of drug-likeness (QED) is 0.851. The second kappa shape index (κ2) is 4.28. The summed E-state index contributed by atoms with van der Waals surface area (Å²) in [5.74, 6) is 0.730. The van der Waals surface area contributed by atoms with E-state index in [0.717, 1.165) is 22.7 Å². The predicted octanol–water partition coefficient (Wildman–Crippen LogP) is 3.82. The van der Waals surface area contributed by atoms with E-state index in [2.05, 4.69) is 23.3 Å². The van der Waals surface area contributed by atoms with Gasteiger partial charge in [0, 0.05) is 21.5 Å². The number of anilines is 1. The van der Waals surface area contributed by atoms with Crippen LogP contribution < -0.4 is 5.32 Å². The Bertz CT molecular complexity index is 741. The molecule has 2 aliphatic rings. The number of rotatable bonds is 2. The number of hydrogen-bond donors (Lipinski definition) is 1. The molecule has 0 spiro atoms. The molecule has 1 N–H and O–H groups in total. The zero-order valence-corrected chi connectivity index (χ0v) is 12.0. The average molecular weight is 282 g/mol. The summed E-state index contributed by atoms with van der Waals surface area (Å²) < 4.78 is 0. The zero-order chi connectivity index (χ0) is 13.7. The third-order valence-corrected chi connectivity index (χ3v) is 5.18. The van der Waals surface area contributed by atoms with E-state index in [4.69, 9.17) is 0 Å². The van der Waals surface area contributed by atoms with Gasteiger partial charge >= 0.3 is 0 Å². The highest BCUT2D eigenvalue weighted by atomic mass is 32.1. The molecule has 0 unspecified atom stereocenters. The van der Waals surface area contributed by atoms with E-state index >= 15 is 0 Å². The van der Waals surface area contributed by atoms with Gasteiger partial charge in [0.2, 0.25) is 0 Å². The van der Waals surface area contributed by atoms with Crippen LogP contribution in [0.4, 0.5) is 5.69 Å². The van der Waals surface area contributed by atoms with Crippen LogP contribution in [0.1, 0.15) is 39.6 Å². The zero-order valence-electron chi connectivity index (χ0n) is 11.1. The molecule has 4 heteroatoms. The molecule has 1 amide bonds. The summed E-state index contributed by atoms with van der Waals surface area (Å²) in [6.07, 6.45) is 8.07. The van der Waals surface area contributed by atoms with Crippen LogP contribution in [0.25, 0.3) is 11.6 Å². The van der Waals surface area contributed by atoms with Crippen molar-refractivity contribution >= 4 is 34.6 Å². The van der Waals surface area contributed by atoms with Crippen LogP contribution in [0.2, 0.25) is 0 Å². The molecular formula is C16H14N2OS. The van der Waals surface area contributed by atoms with E-state index in [9.17, 15) is 4.79 Å². The van der Waals surface area contributed by atoms with Gasteiger partial charge in [-0.25, -0.2) is 0 Å². The minimum absolute atomic E-state index is 0.0335. The number of thiophene rings is 1. The molecule has 0 atom stereocenters. The van der Waals surface area contributed by atoms with Gasteiger partial charge in [-0.05, 0) is 49.5 Å². The molecule has 0 bridgehead atoms. The standard InChI is InChI=1S/C16H14N2OS/c1-9-6-15(10-2-3-10)20-14(9)7-12-11-4-5-17-8-13(11)18-16(12)19/h4-8,10H,2-3H2,1H3,(H,18,19). The average Bonchev–Trinajstić information content (AvgIpc) is 3.16. The Balaban J connectivity index is 1.78. The van der Waals surface area contributed by atoms with Crippen molar-refractivity contribution < 1.29 is 4.79 Å². The molecule has 20 heavy (non-hydrogen) atoms. The first-order chi connectivity index (χ1) is 9.72. The van der Waals surface area contributed by atoms with Gasteiger partial charge in [0.05, 0.1) is 17.5 Å². The number of pyridine rings is 1. The van der Waals surface area contributed by atoms with Gasteiger partial charge in [-0.3, -0.25) is 9.78 Å². The topological polar surface area (TPSA) is 42.0 Å². The van der Waals surface area contributed by atoms with Crippen molar-refractivity contribution in [1.82, 2.24) is 4.98 Å². The summed E-state index contributed by atoms with van der Waals surface area (Å²) in [5.41, 5.74) is 3.76. The number of amides is 1. The third-order valence-electron chi connectivity index (χ3n) is 3.83. The van der Waals surface area contributed by atoms with Crippen molar-refractivity contribution in [3.8, 4) is 0 Å². The SMILES string of the molecule is Cc1cc(C2CC2)sc1C=C1C(=O)Nc2cnccc21. The monoisotopic (exact) mass is 282 g/mol. The maximum absolute atomic E-state index is 12.1. The van der Waals surface area contributed by atoms with Crippen molar-refractivity contribution in [2.75, 3.05) is 5.32 Å². The number of nitrogens with one attached hydrogen (secondary N) is 1. The van der Waals surface area contributed by atoms with Gasteiger partial charge in [-0.1, -0.05) is 0 Å². The van der Waals surface area contributed by atoms with Crippen molar-refractivity contribution in [2.45, 2.75) is 25.7 Å². The molecule has 1 fully saturated rings. The fraction of sp³-hybridized carbons (Fsp3) is 0.250. The molecule has 4 rings (SSSR count). The Morgan fingerprint density at radius 3 is 3.10 bits per heavy atom. The van der Waals surface area contributed by atoms with Crippen molar-refractivity contribution in [3.63, 3.8) is 0 Å². The van der Waals surface area contributed by atoms with E-state index in [1.54, 1.807) is 12.4 Å². The lowest BCUT2D eigenvalue weighted by Crippen LogP contribution is -2.03. The van der Waals surface area contributed by atoms with Crippen molar-refractivity contribution in [3.05, 3.63) is 45.4 Å². The van der Waals surface area contributed by atoms with Gasteiger partial charge in [0.1, 0.15) is 0 Å². The molecule has 3 nitrogen and oxygen atoms in total. The van der Waals surface area contributed by atoms with E-state index in [1.807, 2.05) is 23.5 Å². The summed E-state index contributed by atoms with van der Waals surface area (Å²) in [5, 5.41) is 2.86. The Morgan fingerprint density at radius 2 is 2.30 bits per heavy atom. The highest BCUT2D eigenvalue weighted by molar-refractivity contribution is 7.13. The van der Waals surface area contributed by atoms with E-state index in [1.165, 1.54) is 28.2 Å². The van der Waals surface area contributed by atoms with E-state index in [-0.39, 0.29) is 5.91 Å². The minimum Gasteiger partial charge on any atom is -0.320 e. The first-order valence-corrected chi connectivity index (χ1v) is 7.62. The molecule has 2 aromatic heterocycles. The number of aryl methyl sites for hydroxylation is 1. The van der Waals surface area contributed by atoms with Crippen molar-refractivity contribution in [2.24, 2.45) is 0 Å². The van der Waals surface area contributed by atoms with Crippen LogP contribution in [-0.2, 0) is 4.79 Å². The predicted molar refractivity (Wildman–Crippen MR) is 81.8 cm³/mol. The normalized spacial score (nSPS) is 19.2. The van der Waals surface area contributed by atoms with Gasteiger partial charge in [-0.2, -0.15) is 0 Å². The van der Waals surface area contributed by atoms with Crippen LogP contribution in [0.5, 0.6) is 0 Å². The number of carbonyl (C=O) groups excluding carboxylic acids is 1. The fourth-order valence-corrected chi connectivity index (χ4v) is 3.84. The number of aromatic nitrogens is 1. The molecule has 0 radical (unpaired) electrons. The Kier molecular flexibility index (Phi) is 2.54. The molecule has 3 heterocycles. The van der Waals surface area contributed by atoms with Crippen LogP contribution in [-0.4, -0.2) is 10.9 Å². The number of carbonyl (C=O) groups is 1. The molecule has 1 saturated carbocycles. The first kappa shape index (κ1) is 11.9. The largest absolute Gasteiger partial charge is 0.320 e. The van der Waals surface area contributed by atoms with Gasteiger partial charge in [0.15, 0.2) is 0 Å². The lowest BCUT2D eigenvalue weighted by Gasteiger charge is -1.96. The van der Waals surface area contributed by atoms with Crippen LogP contribution >= 0.6 is 11.3 Å². The highest BCUT2D eigenvalue weighted by Gasteiger charge is 2.27. The number of nitrogens with zero attached hydrogens (tertiary/aromatic N) is 1. The molecule has 1 aliphatic heterocycles. The van der Waals surface area contributed by atoms with Crippen LogP contribution in [0.3, 0.4) is 0 Å². The highest BCUT2D eigenvalue weighted by Crippen LogP contribution is 2.45. The van der Waals surface area contributed by atoms with E-state index in [0.29, 0.717) is 0 Å². The first-order valence-electron chi connectivity index (χ1n) is 6.80. The number of hydrogen-bond acceptors (Lipinski definition) is 3. The molecular weight excluding hydrogens is 268 g/mol. The van der Waals surface area contributed by atoms with E-state index < -0.39 is 0 Å². The molecule has 2 aromatic rings. The minimum atomic E-state index is -0.0335. The second-order valence-corrected chi connectivity index (χ2v) is 6.52. The van der Waals surface area contributed by atoms with Gasteiger partial charge < -0.3 is 5.32 Å². The Labute approximate surface area is 121 Å².